The van der Waals surface area contributed by atoms with Crippen LogP contribution in [-0.4, -0.2) is 29.7 Å². The number of hydrogen-bond acceptors (Lipinski definition) is 5. The summed E-state index contributed by atoms with van der Waals surface area (Å²) in [5, 5.41) is 15.2. The maximum absolute atomic E-state index is 12.1. The number of carbonyl (C=O) groups excluding carboxylic acids is 1. The summed E-state index contributed by atoms with van der Waals surface area (Å²) in [5.41, 5.74) is 1.10. The van der Waals surface area contributed by atoms with E-state index in [1.807, 2.05) is 0 Å². The summed E-state index contributed by atoms with van der Waals surface area (Å²) < 4.78 is 4.97. The van der Waals surface area contributed by atoms with E-state index in [1.165, 1.54) is 11.3 Å². The van der Waals surface area contributed by atoms with Gasteiger partial charge in [-0.15, -0.1) is 11.3 Å². The quantitative estimate of drug-likeness (QED) is 0.855. The summed E-state index contributed by atoms with van der Waals surface area (Å²) in [6, 6.07) is 6.46. The van der Waals surface area contributed by atoms with Crippen molar-refractivity contribution < 1.29 is 14.6 Å². The molecule has 1 unspecified atom stereocenters. The van der Waals surface area contributed by atoms with Crippen molar-refractivity contribution in [2.45, 2.75) is 12.6 Å². The lowest BCUT2D eigenvalue weighted by atomic mass is 10.1. The van der Waals surface area contributed by atoms with Gasteiger partial charge in [-0.3, -0.25) is 4.79 Å². The van der Waals surface area contributed by atoms with Crippen LogP contribution < -0.4 is 5.32 Å². The van der Waals surface area contributed by atoms with Crippen LogP contribution in [0.4, 0.5) is 0 Å². The van der Waals surface area contributed by atoms with E-state index >= 15 is 0 Å². The lowest BCUT2D eigenvalue weighted by molar-refractivity contribution is 0.0911. The van der Waals surface area contributed by atoms with Crippen LogP contribution in [0.25, 0.3) is 0 Å². The van der Waals surface area contributed by atoms with Gasteiger partial charge in [0.05, 0.1) is 19.3 Å². The van der Waals surface area contributed by atoms with Crippen LogP contribution in [-0.2, 0) is 11.3 Å². The first-order valence-corrected chi connectivity index (χ1v) is 7.50. The number of nitrogens with one attached hydrogen (secondary N) is 1. The number of halogens is 1. The molecule has 1 heterocycles. The molecule has 0 saturated carbocycles. The summed E-state index contributed by atoms with van der Waals surface area (Å²) in [4.78, 5) is 16.3. The number of nitrogens with zero attached hydrogens (tertiary/aromatic N) is 1. The number of benzene rings is 1. The van der Waals surface area contributed by atoms with Gasteiger partial charge >= 0.3 is 0 Å². The molecule has 0 saturated heterocycles. The average molecular weight is 327 g/mol. The minimum atomic E-state index is -0.498. The number of aromatic nitrogens is 1. The highest BCUT2D eigenvalue weighted by molar-refractivity contribution is 7.09. The molecule has 21 heavy (non-hydrogen) atoms. The van der Waals surface area contributed by atoms with Crippen molar-refractivity contribution >= 4 is 28.8 Å². The van der Waals surface area contributed by atoms with E-state index in [0.717, 1.165) is 10.6 Å². The van der Waals surface area contributed by atoms with Crippen molar-refractivity contribution in [3.63, 3.8) is 0 Å². The second-order valence-electron chi connectivity index (χ2n) is 4.32. The third-order valence-corrected chi connectivity index (χ3v) is 3.89. The number of ether oxygens (including phenoxy) is 1. The molecule has 0 aliphatic heterocycles. The molecule has 0 bridgehead atoms. The number of methoxy groups -OCH3 is 1. The van der Waals surface area contributed by atoms with E-state index in [4.69, 9.17) is 16.3 Å². The molecular formula is C14H15ClN2O3S. The largest absolute Gasteiger partial charge is 0.394 e. The molecule has 7 heteroatoms. The van der Waals surface area contributed by atoms with Crippen LogP contribution >= 0.6 is 22.9 Å². The summed E-state index contributed by atoms with van der Waals surface area (Å²) in [7, 11) is 1.57. The number of amides is 1. The topological polar surface area (TPSA) is 71.5 Å². The Kier molecular flexibility index (Phi) is 5.69. The SMILES string of the molecule is COCc1nc(C(=O)NC(CO)c2ccc(Cl)cc2)cs1. The van der Waals surface area contributed by atoms with Crippen LogP contribution in [0.1, 0.15) is 27.1 Å². The standard InChI is InChI=1S/C14H15ClN2O3S/c1-20-7-13-16-12(8-21-13)14(19)17-11(6-18)9-2-4-10(15)5-3-9/h2-5,8,11,18H,6-7H2,1H3,(H,17,19). The van der Waals surface area contributed by atoms with Crippen LogP contribution in [0.5, 0.6) is 0 Å². The summed E-state index contributed by atoms with van der Waals surface area (Å²) in [6.07, 6.45) is 0. The molecule has 0 aliphatic rings. The molecule has 112 valence electrons. The zero-order valence-electron chi connectivity index (χ0n) is 11.4. The third-order valence-electron chi connectivity index (χ3n) is 2.81. The Hall–Kier alpha value is -1.47. The number of carbonyl (C=O) groups is 1. The van der Waals surface area contributed by atoms with E-state index in [9.17, 15) is 9.90 Å². The van der Waals surface area contributed by atoms with Crippen molar-refractivity contribution in [2.24, 2.45) is 0 Å². The van der Waals surface area contributed by atoms with Gasteiger partial charge in [-0.05, 0) is 17.7 Å². The molecule has 5 nitrogen and oxygen atoms in total. The monoisotopic (exact) mass is 326 g/mol. The number of thiazole rings is 1. The summed E-state index contributed by atoms with van der Waals surface area (Å²) in [6.45, 7) is 0.168. The van der Waals surface area contributed by atoms with Gasteiger partial charge in [0.25, 0.3) is 5.91 Å². The minimum absolute atomic E-state index is 0.206. The Balaban J connectivity index is 2.06. The smallest absolute Gasteiger partial charge is 0.271 e. The Morgan fingerprint density at radius 1 is 1.48 bits per heavy atom. The van der Waals surface area contributed by atoms with Crippen molar-refractivity contribution in [3.8, 4) is 0 Å². The predicted molar refractivity (Wildman–Crippen MR) is 81.6 cm³/mol. The minimum Gasteiger partial charge on any atom is -0.394 e. The number of aliphatic hydroxyl groups excluding tert-OH is 1. The van der Waals surface area contributed by atoms with Crippen LogP contribution in [0.3, 0.4) is 0 Å². The molecular weight excluding hydrogens is 312 g/mol. The third kappa shape index (κ3) is 4.25. The van der Waals surface area contributed by atoms with E-state index in [-0.39, 0.29) is 12.5 Å². The van der Waals surface area contributed by atoms with Crippen LogP contribution in [0.2, 0.25) is 5.02 Å². The van der Waals surface area contributed by atoms with Gasteiger partial charge in [0, 0.05) is 17.5 Å². The van der Waals surface area contributed by atoms with Crippen molar-refractivity contribution in [1.29, 1.82) is 0 Å². The summed E-state index contributed by atoms with van der Waals surface area (Å²) in [5.74, 6) is -0.331. The van der Waals surface area contributed by atoms with Crippen LogP contribution in [0.15, 0.2) is 29.6 Å². The molecule has 1 amide bonds. The number of aliphatic hydroxyl groups is 1. The Morgan fingerprint density at radius 3 is 2.81 bits per heavy atom. The Bertz CT molecular complexity index is 601. The molecule has 0 spiro atoms. The second kappa shape index (κ2) is 7.51. The fraction of sp³-hybridized carbons (Fsp3) is 0.286. The van der Waals surface area contributed by atoms with Gasteiger partial charge in [0.1, 0.15) is 10.7 Å². The molecule has 1 aromatic heterocycles. The molecule has 2 rings (SSSR count). The zero-order chi connectivity index (χ0) is 15.2. The normalized spacial score (nSPS) is 12.1. The molecule has 1 aromatic carbocycles. The number of hydrogen-bond donors (Lipinski definition) is 2. The fourth-order valence-corrected chi connectivity index (χ4v) is 2.64. The predicted octanol–water partition coefficient (Wildman–Crippen LogP) is 2.41. The highest BCUT2D eigenvalue weighted by atomic mass is 35.5. The second-order valence-corrected chi connectivity index (χ2v) is 5.70. The van der Waals surface area contributed by atoms with Gasteiger partial charge in [-0.1, -0.05) is 23.7 Å². The molecule has 0 radical (unpaired) electrons. The fourth-order valence-electron chi connectivity index (χ4n) is 1.77. The van der Waals surface area contributed by atoms with Gasteiger partial charge in [0.15, 0.2) is 0 Å². The average Bonchev–Trinajstić information content (AvgIpc) is 2.95. The van der Waals surface area contributed by atoms with Gasteiger partial charge in [-0.25, -0.2) is 4.98 Å². The highest BCUT2D eigenvalue weighted by Crippen LogP contribution is 2.17. The van der Waals surface area contributed by atoms with Gasteiger partial charge in [0.2, 0.25) is 0 Å². The first-order chi connectivity index (χ1) is 10.1. The van der Waals surface area contributed by atoms with Gasteiger partial charge < -0.3 is 15.2 Å². The highest BCUT2D eigenvalue weighted by Gasteiger charge is 2.17. The maximum Gasteiger partial charge on any atom is 0.271 e. The Labute approximate surface area is 131 Å². The lowest BCUT2D eigenvalue weighted by Crippen LogP contribution is -2.31. The van der Waals surface area contributed by atoms with E-state index in [2.05, 4.69) is 10.3 Å². The zero-order valence-corrected chi connectivity index (χ0v) is 12.9. The van der Waals surface area contributed by atoms with E-state index in [1.54, 1.807) is 36.8 Å². The lowest BCUT2D eigenvalue weighted by Gasteiger charge is -2.16. The molecule has 1 atom stereocenters. The summed E-state index contributed by atoms with van der Waals surface area (Å²) >= 11 is 7.18. The van der Waals surface area contributed by atoms with E-state index in [0.29, 0.717) is 17.3 Å². The van der Waals surface area contributed by atoms with Crippen molar-refractivity contribution in [3.05, 3.63) is 50.9 Å². The Morgan fingerprint density at radius 2 is 2.19 bits per heavy atom. The molecule has 0 aliphatic carbocycles. The molecule has 0 fully saturated rings. The number of rotatable bonds is 6. The van der Waals surface area contributed by atoms with Gasteiger partial charge in [-0.2, -0.15) is 0 Å². The first kappa shape index (κ1) is 15.9. The first-order valence-electron chi connectivity index (χ1n) is 6.24. The van der Waals surface area contributed by atoms with Crippen molar-refractivity contribution in [2.75, 3.05) is 13.7 Å². The van der Waals surface area contributed by atoms with Crippen LogP contribution in [0, 0.1) is 0 Å². The molecule has 2 N–H and O–H groups in total. The van der Waals surface area contributed by atoms with E-state index < -0.39 is 6.04 Å². The molecule has 2 aromatic rings. The van der Waals surface area contributed by atoms with Crippen molar-refractivity contribution in [1.82, 2.24) is 10.3 Å². The maximum atomic E-state index is 12.1.